The fourth-order valence-electron chi connectivity index (χ4n) is 1.92. The molecule has 0 saturated heterocycles. The van der Waals surface area contributed by atoms with E-state index < -0.39 is 0 Å². The van der Waals surface area contributed by atoms with Gasteiger partial charge in [-0.3, -0.25) is 4.79 Å². The Hall–Kier alpha value is -1.72. The summed E-state index contributed by atoms with van der Waals surface area (Å²) in [4.78, 5) is 18.5. The van der Waals surface area contributed by atoms with Crippen molar-refractivity contribution in [1.82, 2.24) is 9.88 Å². The highest BCUT2D eigenvalue weighted by Gasteiger charge is 2.17. The summed E-state index contributed by atoms with van der Waals surface area (Å²) in [6.07, 6.45) is 1.63. The van der Waals surface area contributed by atoms with E-state index in [-0.39, 0.29) is 5.91 Å². The van der Waals surface area contributed by atoms with Crippen LogP contribution in [0.5, 0.6) is 0 Å². The van der Waals surface area contributed by atoms with Crippen molar-refractivity contribution < 1.29 is 9.53 Å². The number of benzene rings is 1. The number of halogens is 1. The molecule has 0 unspecified atom stereocenters. The van der Waals surface area contributed by atoms with Crippen LogP contribution in [-0.4, -0.2) is 36.1 Å². The highest BCUT2D eigenvalue weighted by atomic mass is 79.9. The van der Waals surface area contributed by atoms with Gasteiger partial charge in [-0.05, 0) is 33.6 Å². The van der Waals surface area contributed by atoms with E-state index in [1.165, 1.54) is 0 Å². The number of ether oxygens (including phenoxy) is 1. The van der Waals surface area contributed by atoms with Gasteiger partial charge in [-0.15, -0.1) is 0 Å². The molecule has 4 nitrogen and oxygen atoms in total. The van der Waals surface area contributed by atoms with Gasteiger partial charge in [0.1, 0.15) is 5.69 Å². The van der Waals surface area contributed by atoms with Crippen molar-refractivity contribution in [1.29, 1.82) is 0 Å². The van der Waals surface area contributed by atoms with E-state index in [1.807, 2.05) is 36.4 Å². The van der Waals surface area contributed by atoms with E-state index >= 15 is 0 Å². The maximum Gasteiger partial charge on any atom is 0.272 e. The molecular weight excluding hydrogens is 332 g/mol. The van der Waals surface area contributed by atoms with Crippen molar-refractivity contribution in [2.24, 2.45) is 0 Å². The Morgan fingerprint density at radius 3 is 2.62 bits per heavy atom. The molecule has 0 bridgehead atoms. The molecule has 0 N–H and O–H groups in total. The highest BCUT2D eigenvalue weighted by Crippen LogP contribution is 2.11. The lowest BCUT2D eigenvalue weighted by Crippen LogP contribution is -2.34. The van der Waals surface area contributed by atoms with E-state index in [0.717, 1.165) is 10.0 Å². The second kappa shape index (κ2) is 7.90. The fourth-order valence-corrected chi connectivity index (χ4v) is 2.16. The maximum absolute atomic E-state index is 12.6. The Kier molecular flexibility index (Phi) is 5.90. The molecule has 0 spiro atoms. The van der Waals surface area contributed by atoms with Crippen LogP contribution in [0.2, 0.25) is 0 Å². The molecule has 1 aromatic heterocycles. The predicted molar refractivity (Wildman–Crippen MR) is 85.0 cm³/mol. The molecule has 2 rings (SSSR count). The van der Waals surface area contributed by atoms with E-state index in [4.69, 9.17) is 4.74 Å². The quantitative estimate of drug-likeness (QED) is 0.805. The number of aromatic nitrogens is 1. The summed E-state index contributed by atoms with van der Waals surface area (Å²) >= 11 is 3.32. The van der Waals surface area contributed by atoms with E-state index in [2.05, 4.69) is 20.9 Å². The average Bonchev–Trinajstić information content (AvgIpc) is 2.52. The molecule has 5 heteroatoms. The van der Waals surface area contributed by atoms with Gasteiger partial charge in [-0.1, -0.05) is 30.3 Å². The molecule has 1 aromatic carbocycles. The van der Waals surface area contributed by atoms with Crippen LogP contribution in [0.15, 0.2) is 53.1 Å². The maximum atomic E-state index is 12.6. The van der Waals surface area contributed by atoms with Crippen molar-refractivity contribution >= 4 is 21.8 Å². The second-order valence-corrected chi connectivity index (χ2v) is 5.48. The molecule has 0 aliphatic heterocycles. The number of pyridine rings is 1. The lowest BCUT2D eigenvalue weighted by Gasteiger charge is -2.22. The summed E-state index contributed by atoms with van der Waals surface area (Å²) in [6.45, 7) is 1.57. The summed E-state index contributed by atoms with van der Waals surface area (Å²) < 4.78 is 5.95. The van der Waals surface area contributed by atoms with Gasteiger partial charge in [0.2, 0.25) is 0 Å². The van der Waals surface area contributed by atoms with Gasteiger partial charge >= 0.3 is 0 Å². The van der Waals surface area contributed by atoms with Gasteiger partial charge in [0.25, 0.3) is 5.91 Å². The molecule has 2 aromatic rings. The summed E-state index contributed by atoms with van der Waals surface area (Å²) in [5.41, 5.74) is 1.52. The molecule has 110 valence electrons. The van der Waals surface area contributed by atoms with E-state index in [9.17, 15) is 4.79 Å². The normalized spacial score (nSPS) is 10.4. The van der Waals surface area contributed by atoms with E-state index in [0.29, 0.717) is 25.4 Å². The second-order valence-electron chi connectivity index (χ2n) is 4.57. The van der Waals surface area contributed by atoms with Crippen LogP contribution in [-0.2, 0) is 11.3 Å². The predicted octanol–water partition coefficient (Wildman–Crippen LogP) is 3.13. The Morgan fingerprint density at radius 1 is 1.24 bits per heavy atom. The Morgan fingerprint density at radius 2 is 2.00 bits per heavy atom. The first-order valence-electron chi connectivity index (χ1n) is 6.64. The first kappa shape index (κ1) is 15.7. The Labute approximate surface area is 132 Å². The molecular formula is C16H17BrN2O2. The molecule has 0 atom stereocenters. The SMILES string of the molecule is COCCN(Cc1ccccc1)C(=O)c1ccc(Br)cn1. The molecule has 0 aliphatic rings. The molecule has 0 fully saturated rings. The molecule has 0 aliphatic carbocycles. The lowest BCUT2D eigenvalue weighted by atomic mass is 10.2. The minimum atomic E-state index is -0.0941. The number of nitrogens with zero attached hydrogens (tertiary/aromatic N) is 2. The first-order chi connectivity index (χ1) is 10.2. The van der Waals surface area contributed by atoms with Gasteiger partial charge < -0.3 is 9.64 Å². The Bertz CT molecular complexity index is 573. The van der Waals surface area contributed by atoms with Crippen molar-refractivity contribution in [3.8, 4) is 0 Å². The van der Waals surface area contributed by atoms with Crippen molar-refractivity contribution in [3.05, 3.63) is 64.4 Å². The molecule has 1 heterocycles. The zero-order valence-electron chi connectivity index (χ0n) is 11.8. The van der Waals surface area contributed by atoms with Crippen LogP contribution in [0.1, 0.15) is 16.1 Å². The van der Waals surface area contributed by atoms with Crippen LogP contribution < -0.4 is 0 Å². The van der Waals surface area contributed by atoms with Gasteiger partial charge in [0, 0.05) is 30.9 Å². The number of methoxy groups -OCH3 is 1. The molecule has 0 saturated carbocycles. The fraction of sp³-hybridized carbons (Fsp3) is 0.250. The minimum Gasteiger partial charge on any atom is -0.383 e. The lowest BCUT2D eigenvalue weighted by molar-refractivity contribution is 0.0674. The van der Waals surface area contributed by atoms with Crippen LogP contribution in [0.4, 0.5) is 0 Å². The topological polar surface area (TPSA) is 42.4 Å². The monoisotopic (exact) mass is 348 g/mol. The number of hydrogen-bond acceptors (Lipinski definition) is 3. The number of hydrogen-bond donors (Lipinski definition) is 0. The summed E-state index contributed by atoms with van der Waals surface area (Å²) in [7, 11) is 1.63. The standard InChI is InChI=1S/C16H17BrN2O2/c1-21-10-9-19(12-13-5-3-2-4-6-13)16(20)15-8-7-14(17)11-18-15/h2-8,11H,9-10,12H2,1H3. The van der Waals surface area contributed by atoms with Gasteiger partial charge in [-0.2, -0.15) is 0 Å². The molecule has 1 amide bonds. The zero-order valence-corrected chi connectivity index (χ0v) is 13.4. The number of rotatable bonds is 6. The van der Waals surface area contributed by atoms with Crippen LogP contribution >= 0.6 is 15.9 Å². The summed E-state index contributed by atoms with van der Waals surface area (Å²) in [6, 6.07) is 13.4. The largest absolute Gasteiger partial charge is 0.383 e. The third-order valence-electron chi connectivity index (χ3n) is 3.02. The molecule has 21 heavy (non-hydrogen) atoms. The highest BCUT2D eigenvalue weighted by molar-refractivity contribution is 9.10. The molecule has 0 radical (unpaired) electrons. The van der Waals surface area contributed by atoms with Gasteiger partial charge in [-0.25, -0.2) is 4.98 Å². The Balaban J connectivity index is 2.14. The van der Waals surface area contributed by atoms with E-state index in [1.54, 1.807) is 24.3 Å². The number of carbonyl (C=O) groups excluding carboxylic acids is 1. The van der Waals surface area contributed by atoms with Gasteiger partial charge in [0.05, 0.1) is 6.61 Å². The van der Waals surface area contributed by atoms with Gasteiger partial charge in [0.15, 0.2) is 0 Å². The number of amides is 1. The minimum absolute atomic E-state index is 0.0941. The smallest absolute Gasteiger partial charge is 0.272 e. The van der Waals surface area contributed by atoms with Crippen molar-refractivity contribution in [3.63, 3.8) is 0 Å². The van der Waals surface area contributed by atoms with Crippen molar-refractivity contribution in [2.75, 3.05) is 20.3 Å². The van der Waals surface area contributed by atoms with Crippen LogP contribution in [0.3, 0.4) is 0 Å². The van der Waals surface area contributed by atoms with Crippen molar-refractivity contribution in [2.45, 2.75) is 6.54 Å². The number of carbonyl (C=O) groups is 1. The first-order valence-corrected chi connectivity index (χ1v) is 7.43. The van der Waals surface area contributed by atoms with Crippen LogP contribution in [0.25, 0.3) is 0 Å². The zero-order chi connectivity index (χ0) is 15.1. The third kappa shape index (κ3) is 4.65. The average molecular weight is 349 g/mol. The summed E-state index contributed by atoms with van der Waals surface area (Å²) in [5, 5.41) is 0. The summed E-state index contributed by atoms with van der Waals surface area (Å²) in [5.74, 6) is -0.0941. The third-order valence-corrected chi connectivity index (χ3v) is 3.48. The van der Waals surface area contributed by atoms with Crippen LogP contribution in [0, 0.1) is 0 Å².